The zero-order valence-corrected chi connectivity index (χ0v) is 17.2. The molecule has 1 amide bonds. The lowest BCUT2D eigenvalue weighted by Gasteiger charge is -2.35. The Morgan fingerprint density at radius 2 is 2.00 bits per heavy atom. The Balaban J connectivity index is 0.00000176. The molecule has 2 aliphatic heterocycles. The number of nitrogens with one attached hydrogen (secondary N) is 1. The van der Waals surface area contributed by atoms with E-state index in [0.29, 0.717) is 18.4 Å². The van der Waals surface area contributed by atoms with Crippen molar-refractivity contribution in [3.8, 4) is 0 Å². The number of rotatable bonds is 4. The van der Waals surface area contributed by atoms with Crippen LogP contribution in [0.2, 0.25) is 0 Å². The number of hydrogen-bond donors (Lipinski definition) is 1. The fourth-order valence-electron chi connectivity index (χ4n) is 3.13. The molecule has 3 rings (SSSR count). The van der Waals surface area contributed by atoms with E-state index in [9.17, 15) is 4.79 Å². The lowest BCUT2D eigenvalue weighted by Crippen LogP contribution is -2.49. The molecule has 1 aromatic rings. The second-order valence-electron chi connectivity index (χ2n) is 6.00. The van der Waals surface area contributed by atoms with E-state index in [1.165, 1.54) is 11.3 Å². The lowest BCUT2D eigenvalue weighted by molar-refractivity contribution is -0.133. The normalized spacial score (nSPS) is 20.7. The number of piperazine rings is 1. The summed E-state index contributed by atoms with van der Waals surface area (Å²) in [5, 5.41) is 4.53. The molecule has 2 fully saturated rings. The Bertz CT molecular complexity index is 489. The van der Waals surface area contributed by atoms with Crippen LogP contribution in [0.1, 0.15) is 29.1 Å². The Kier molecular flexibility index (Phi) is 11.4. The first-order valence-corrected chi connectivity index (χ1v) is 8.67. The van der Waals surface area contributed by atoms with Crippen molar-refractivity contribution in [3.05, 3.63) is 16.1 Å². The number of nitrogens with zero attached hydrogens (tertiary/aromatic N) is 3. The van der Waals surface area contributed by atoms with Crippen molar-refractivity contribution in [3.63, 3.8) is 0 Å². The summed E-state index contributed by atoms with van der Waals surface area (Å²) in [6.45, 7) is 7.76. The molecule has 1 aromatic heterocycles. The van der Waals surface area contributed by atoms with Gasteiger partial charge in [-0.15, -0.1) is 48.6 Å². The van der Waals surface area contributed by atoms with E-state index in [1.807, 2.05) is 18.0 Å². The van der Waals surface area contributed by atoms with Crippen LogP contribution in [-0.2, 0) is 11.3 Å². The summed E-state index contributed by atoms with van der Waals surface area (Å²) in [7, 11) is 0. The first-order chi connectivity index (χ1) is 10.2. The maximum absolute atomic E-state index is 12.3. The number of carbonyl (C=O) groups is 1. The molecule has 0 saturated carbocycles. The molecule has 0 radical (unpaired) electrons. The van der Waals surface area contributed by atoms with Crippen LogP contribution in [0.3, 0.4) is 0 Å². The van der Waals surface area contributed by atoms with Crippen molar-refractivity contribution in [2.45, 2.75) is 38.8 Å². The van der Waals surface area contributed by atoms with Crippen molar-refractivity contribution in [2.75, 3.05) is 32.7 Å². The van der Waals surface area contributed by atoms with Crippen LogP contribution in [0.25, 0.3) is 0 Å². The molecule has 1 N–H and O–H groups in total. The minimum absolute atomic E-state index is 0. The van der Waals surface area contributed by atoms with Gasteiger partial charge in [-0.25, -0.2) is 4.98 Å². The number of hydrogen-bond acceptors (Lipinski definition) is 5. The Hall–Kier alpha value is -0.110. The van der Waals surface area contributed by atoms with Crippen molar-refractivity contribution in [1.82, 2.24) is 20.1 Å². The monoisotopic (exact) mass is 416 g/mol. The average Bonchev–Trinajstić information content (AvgIpc) is 3.12. The summed E-state index contributed by atoms with van der Waals surface area (Å²) >= 11 is 1.77. The van der Waals surface area contributed by atoms with Gasteiger partial charge in [-0.1, -0.05) is 0 Å². The number of carbonyl (C=O) groups excluding carboxylic acids is 1. The maximum atomic E-state index is 12.3. The quantitative estimate of drug-likeness (QED) is 0.818. The number of halogens is 3. The number of aromatic nitrogens is 1. The van der Waals surface area contributed by atoms with Gasteiger partial charge in [-0.2, -0.15) is 0 Å². The summed E-state index contributed by atoms with van der Waals surface area (Å²) in [5.41, 5.74) is 0. The van der Waals surface area contributed by atoms with Crippen LogP contribution in [-0.4, -0.2) is 59.5 Å². The molecule has 0 aromatic carbocycles. The third-order valence-corrected chi connectivity index (χ3v) is 5.25. The molecular formula is C15H27Cl3N4OS. The standard InChI is InChI=1S/C15H24N4OS.3ClH/c1-12-17-10-14(21-12)11-18-5-7-19(8-6-18)15(20)9-13-3-2-4-16-13;;;/h10,13,16H,2-9,11H2,1H3;3*1H. The number of aryl methyl sites for hydroxylation is 1. The van der Waals surface area contributed by atoms with Crippen molar-refractivity contribution >= 4 is 54.5 Å². The largest absolute Gasteiger partial charge is 0.340 e. The van der Waals surface area contributed by atoms with Gasteiger partial charge in [0.1, 0.15) is 0 Å². The first kappa shape index (κ1) is 23.9. The summed E-state index contributed by atoms with van der Waals surface area (Å²) in [4.78, 5) is 22.4. The van der Waals surface area contributed by atoms with Gasteiger partial charge in [0, 0.05) is 56.3 Å². The maximum Gasteiger partial charge on any atom is 0.224 e. The molecule has 140 valence electrons. The summed E-state index contributed by atoms with van der Waals surface area (Å²) in [6.07, 6.45) is 5.01. The van der Waals surface area contributed by atoms with Crippen LogP contribution in [0.15, 0.2) is 6.20 Å². The molecule has 0 aliphatic carbocycles. The fraction of sp³-hybridized carbons (Fsp3) is 0.733. The minimum atomic E-state index is 0. The van der Waals surface area contributed by atoms with Gasteiger partial charge in [0.05, 0.1) is 5.01 Å². The highest BCUT2D eigenvalue weighted by atomic mass is 35.5. The van der Waals surface area contributed by atoms with Gasteiger partial charge in [-0.3, -0.25) is 9.69 Å². The number of thiazole rings is 1. The molecule has 5 nitrogen and oxygen atoms in total. The van der Waals surface area contributed by atoms with Crippen molar-refractivity contribution in [1.29, 1.82) is 0 Å². The first-order valence-electron chi connectivity index (χ1n) is 7.85. The summed E-state index contributed by atoms with van der Waals surface area (Å²) in [6, 6.07) is 0.413. The molecule has 0 bridgehead atoms. The summed E-state index contributed by atoms with van der Waals surface area (Å²) < 4.78 is 0. The van der Waals surface area contributed by atoms with E-state index >= 15 is 0 Å². The van der Waals surface area contributed by atoms with E-state index in [2.05, 4.69) is 15.2 Å². The van der Waals surface area contributed by atoms with E-state index in [4.69, 9.17) is 0 Å². The van der Waals surface area contributed by atoms with E-state index in [-0.39, 0.29) is 37.2 Å². The van der Waals surface area contributed by atoms with Crippen LogP contribution < -0.4 is 5.32 Å². The van der Waals surface area contributed by atoms with Crippen molar-refractivity contribution in [2.24, 2.45) is 0 Å². The Morgan fingerprint density at radius 3 is 2.54 bits per heavy atom. The van der Waals surface area contributed by atoms with E-state index < -0.39 is 0 Å². The van der Waals surface area contributed by atoms with Crippen LogP contribution in [0.5, 0.6) is 0 Å². The van der Waals surface area contributed by atoms with Crippen LogP contribution in [0, 0.1) is 6.92 Å². The zero-order chi connectivity index (χ0) is 14.7. The molecule has 2 saturated heterocycles. The molecule has 24 heavy (non-hydrogen) atoms. The molecule has 3 heterocycles. The highest BCUT2D eigenvalue weighted by Crippen LogP contribution is 2.16. The molecule has 1 unspecified atom stereocenters. The minimum Gasteiger partial charge on any atom is -0.340 e. The van der Waals surface area contributed by atoms with Gasteiger partial charge in [0.2, 0.25) is 5.91 Å². The molecule has 2 aliphatic rings. The van der Waals surface area contributed by atoms with Crippen molar-refractivity contribution < 1.29 is 4.79 Å². The van der Waals surface area contributed by atoms with Gasteiger partial charge in [-0.05, 0) is 26.3 Å². The lowest BCUT2D eigenvalue weighted by atomic mass is 10.1. The summed E-state index contributed by atoms with van der Waals surface area (Å²) in [5.74, 6) is 0.322. The zero-order valence-electron chi connectivity index (χ0n) is 13.9. The third kappa shape index (κ3) is 6.65. The highest BCUT2D eigenvalue weighted by Gasteiger charge is 2.25. The molecule has 1 atom stereocenters. The van der Waals surface area contributed by atoms with Gasteiger partial charge in [0.15, 0.2) is 0 Å². The topological polar surface area (TPSA) is 48.5 Å². The number of amides is 1. The van der Waals surface area contributed by atoms with E-state index in [0.717, 1.165) is 50.7 Å². The SMILES string of the molecule is Cc1ncc(CN2CCN(C(=O)CC3CCCN3)CC2)s1.Cl.Cl.Cl. The molecular weight excluding hydrogens is 391 g/mol. The van der Waals surface area contributed by atoms with Crippen LogP contribution >= 0.6 is 48.6 Å². The predicted octanol–water partition coefficient (Wildman–Crippen LogP) is 2.50. The molecule has 9 heteroatoms. The van der Waals surface area contributed by atoms with Gasteiger partial charge in [0.25, 0.3) is 0 Å². The van der Waals surface area contributed by atoms with Gasteiger partial charge < -0.3 is 10.2 Å². The highest BCUT2D eigenvalue weighted by molar-refractivity contribution is 7.11. The second-order valence-corrected chi connectivity index (χ2v) is 7.32. The molecule has 0 spiro atoms. The van der Waals surface area contributed by atoms with Crippen LogP contribution in [0.4, 0.5) is 0 Å². The Morgan fingerprint density at radius 1 is 1.29 bits per heavy atom. The smallest absolute Gasteiger partial charge is 0.224 e. The second kappa shape index (κ2) is 11.5. The average molecular weight is 418 g/mol. The Labute approximate surface area is 166 Å². The predicted molar refractivity (Wildman–Crippen MR) is 106 cm³/mol. The third-order valence-electron chi connectivity index (χ3n) is 4.36. The fourth-order valence-corrected chi connectivity index (χ4v) is 3.96. The van der Waals surface area contributed by atoms with Gasteiger partial charge >= 0.3 is 0 Å². The van der Waals surface area contributed by atoms with E-state index in [1.54, 1.807) is 11.3 Å².